The van der Waals surface area contributed by atoms with Crippen LogP contribution in [0, 0.1) is 0 Å². The summed E-state index contributed by atoms with van der Waals surface area (Å²) in [5.41, 5.74) is 5.97. The van der Waals surface area contributed by atoms with Crippen LogP contribution in [0.4, 0.5) is 5.69 Å². The van der Waals surface area contributed by atoms with E-state index in [0.717, 1.165) is 0 Å². The lowest BCUT2D eigenvalue weighted by atomic mass is 10.2. The fourth-order valence-electron chi connectivity index (χ4n) is 2.18. The van der Waals surface area contributed by atoms with E-state index in [0.29, 0.717) is 13.1 Å². The SMILES string of the molecule is CCN(CC)C(=O)CN(C)C(=O)COC(=O)c1cc(Cl)c(N)cc1OC. The average molecular weight is 386 g/mol. The number of carbonyl (C=O) groups is 3. The van der Waals surface area contributed by atoms with E-state index < -0.39 is 18.5 Å². The summed E-state index contributed by atoms with van der Waals surface area (Å²) in [5, 5.41) is 0.172. The van der Waals surface area contributed by atoms with Crippen molar-refractivity contribution >= 4 is 35.1 Å². The van der Waals surface area contributed by atoms with Crippen LogP contribution in [0.1, 0.15) is 24.2 Å². The van der Waals surface area contributed by atoms with E-state index in [9.17, 15) is 14.4 Å². The number of nitrogens with zero attached hydrogens (tertiary/aromatic N) is 2. The van der Waals surface area contributed by atoms with Gasteiger partial charge in [-0.3, -0.25) is 9.59 Å². The Hall–Kier alpha value is -2.48. The van der Waals surface area contributed by atoms with Gasteiger partial charge in [-0.15, -0.1) is 0 Å². The Labute approximate surface area is 157 Å². The van der Waals surface area contributed by atoms with Crippen LogP contribution in [-0.2, 0) is 14.3 Å². The number of hydrogen-bond acceptors (Lipinski definition) is 6. The van der Waals surface area contributed by atoms with Gasteiger partial charge in [0.25, 0.3) is 5.91 Å². The van der Waals surface area contributed by atoms with Gasteiger partial charge >= 0.3 is 5.97 Å². The molecule has 8 nitrogen and oxygen atoms in total. The number of halogens is 1. The van der Waals surface area contributed by atoms with Crippen LogP contribution in [-0.4, -0.2) is 68.0 Å². The Bertz CT molecular complexity index is 677. The van der Waals surface area contributed by atoms with Crippen molar-refractivity contribution in [1.82, 2.24) is 9.80 Å². The standard InChI is InChI=1S/C17H24ClN3O5/c1-5-21(6-2)15(22)9-20(3)16(23)10-26-17(24)11-7-12(18)13(19)8-14(11)25-4/h7-8H,5-6,9-10,19H2,1-4H3. The van der Waals surface area contributed by atoms with Crippen LogP contribution in [0.5, 0.6) is 5.75 Å². The van der Waals surface area contributed by atoms with Gasteiger partial charge < -0.3 is 25.0 Å². The molecule has 144 valence electrons. The van der Waals surface area contributed by atoms with E-state index in [1.165, 1.54) is 31.2 Å². The van der Waals surface area contributed by atoms with Crippen molar-refractivity contribution in [1.29, 1.82) is 0 Å². The lowest BCUT2D eigenvalue weighted by Crippen LogP contribution is -2.42. The lowest BCUT2D eigenvalue weighted by molar-refractivity contribution is -0.140. The summed E-state index contributed by atoms with van der Waals surface area (Å²) in [4.78, 5) is 39.1. The van der Waals surface area contributed by atoms with Crippen LogP contribution in [0.15, 0.2) is 12.1 Å². The molecular weight excluding hydrogens is 362 g/mol. The molecule has 2 N–H and O–H groups in total. The minimum absolute atomic E-state index is 0.0568. The number of anilines is 1. The van der Waals surface area contributed by atoms with Gasteiger partial charge in [0.1, 0.15) is 11.3 Å². The molecule has 1 rings (SSSR count). The molecule has 0 bridgehead atoms. The summed E-state index contributed by atoms with van der Waals surface area (Å²) in [6.07, 6.45) is 0. The summed E-state index contributed by atoms with van der Waals surface area (Å²) in [5.74, 6) is -1.27. The highest BCUT2D eigenvalue weighted by Crippen LogP contribution is 2.29. The van der Waals surface area contributed by atoms with Crippen molar-refractivity contribution in [3.63, 3.8) is 0 Å². The summed E-state index contributed by atoms with van der Waals surface area (Å²) in [6.45, 7) is 4.24. The Morgan fingerprint density at radius 3 is 2.31 bits per heavy atom. The largest absolute Gasteiger partial charge is 0.496 e. The molecule has 2 amide bonds. The number of methoxy groups -OCH3 is 1. The van der Waals surface area contributed by atoms with Crippen molar-refractivity contribution in [2.45, 2.75) is 13.8 Å². The first-order chi connectivity index (χ1) is 12.2. The Balaban J connectivity index is 2.68. The molecule has 0 aliphatic rings. The fourth-order valence-corrected chi connectivity index (χ4v) is 2.34. The highest BCUT2D eigenvalue weighted by Gasteiger charge is 2.20. The molecular formula is C17H24ClN3O5. The number of hydrogen-bond donors (Lipinski definition) is 1. The van der Waals surface area contributed by atoms with E-state index in [-0.39, 0.29) is 34.5 Å². The number of benzene rings is 1. The molecule has 0 aliphatic heterocycles. The predicted octanol–water partition coefficient (Wildman–Crippen LogP) is 1.41. The first kappa shape index (κ1) is 21.6. The minimum atomic E-state index is -0.777. The smallest absolute Gasteiger partial charge is 0.342 e. The third-order valence-corrected chi connectivity index (χ3v) is 4.11. The maximum Gasteiger partial charge on any atom is 0.342 e. The molecule has 0 radical (unpaired) electrons. The van der Waals surface area contributed by atoms with Crippen LogP contribution in [0.25, 0.3) is 0 Å². The molecule has 1 aromatic rings. The Kier molecular flexibility index (Phi) is 8.18. The normalized spacial score (nSPS) is 10.2. The van der Waals surface area contributed by atoms with Gasteiger partial charge in [-0.2, -0.15) is 0 Å². The van der Waals surface area contributed by atoms with E-state index in [1.54, 1.807) is 4.90 Å². The maximum absolute atomic E-state index is 12.2. The number of carbonyl (C=O) groups excluding carboxylic acids is 3. The Morgan fingerprint density at radius 2 is 1.77 bits per heavy atom. The number of nitrogens with two attached hydrogens (primary N) is 1. The van der Waals surface area contributed by atoms with E-state index in [4.69, 9.17) is 26.8 Å². The number of rotatable bonds is 8. The molecule has 0 spiro atoms. The van der Waals surface area contributed by atoms with Gasteiger partial charge in [-0.1, -0.05) is 11.6 Å². The van der Waals surface area contributed by atoms with Crippen molar-refractivity contribution in [2.75, 3.05) is 46.1 Å². The third-order valence-electron chi connectivity index (χ3n) is 3.78. The van der Waals surface area contributed by atoms with Crippen LogP contribution >= 0.6 is 11.6 Å². The van der Waals surface area contributed by atoms with E-state index in [1.807, 2.05) is 13.8 Å². The topological polar surface area (TPSA) is 102 Å². The second kappa shape index (κ2) is 9.86. The van der Waals surface area contributed by atoms with Gasteiger partial charge in [0.05, 0.1) is 24.4 Å². The van der Waals surface area contributed by atoms with Gasteiger partial charge in [0, 0.05) is 26.2 Å². The molecule has 1 aromatic carbocycles. The zero-order valence-corrected chi connectivity index (χ0v) is 16.1. The summed E-state index contributed by atoms with van der Waals surface area (Å²) >= 11 is 5.91. The number of amides is 2. The minimum Gasteiger partial charge on any atom is -0.496 e. The quantitative estimate of drug-likeness (QED) is 0.536. The number of esters is 1. The first-order valence-electron chi connectivity index (χ1n) is 8.06. The monoisotopic (exact) mass is 385 g/mol. The van der Waals surface area contributed by atoms with Gasteiger partial charge in [0.15, 0.2) is 6.61 Å². The van der Waals surface area contributed by atoms with Crippen LogP contribution in [0.2, 0.25) is 5.02 Å². The van der Waals surface area contributed by atoms with Crippen LogP contribution < -0.4 is 10.5 Å². The van der Waals surface area contributed by atoms with Crippen molar-refractivity contribution in [3.8, 4) is 5.75 Å². The second-order valence-electron chi connectivity index (χ2n) is 5.47. The third kappa shape index (κ3) is 5.52. The van der Waals surface area contributed by atoms with Gasteiger partial charge in [-0.25, -0.2) is 4.79 Å². The van der Waals surface area contributed by atoms with Crippen molar-refractivity contribution in [2.24, 2.45) is 0 Å². The zero-order chi connectivity index (χ0) is 19.9. The lowest BCUT2D eigenvalue weighted by Gasteiger charge is -2.23. The average Bonchev–Trinajstić information content (AvgIpc) is 2.62. The number of nitrogen functional groups attached to an aromatic ring is 1. The van der Waals surface area contributed by atoms with E-state index in [2.05, 4.69) is 0 Å². The molecule has 0 unspecified atom stereocenters. The molecule has 9 heteroatoms. The highest BCUT2D eigenvalue weighted by atomic mass is 35.5. The summed E-state index contributed by atoms with van der Waals surface area (Å²) in [7, 11) is 2.84. The molecule has 0 saturated carbocycles. The summed E-state index contributed by atoms with van der Waals surface area (Å²) in [6, 6.07) is 2.71. The Morgan fingerprint density at radius 1 is 1.15 bits per heavy atom. The van der Waals surface area contributed by atoms with E-state index >= 15 is 0 Å². The number of likely N-dealkylation sites (N-methyl/N-ethyl adjacent to an activating group) is 2. The molecule has 0 saturated heterocycles. The second-order valence-corrected chi connectivity index (χ2v) is 5.87. The molecule has 0 heterocycles. The van der Waals surface area contributed by atoms with Crippen molar-refractivity contribution in [3.05, 3.63) is 22.7 Å². The molecule has 0 aromatic heterocycles. The molecule has 0 aliphatic carbocycles. The zero-order valence-electron chi connectivity index (χ0n) is 15.4. The van der Waals surface area contributed by atoms with Gasteiger partial charge in [-0.05, 0) is 19.9 Å². The maximum atomic E-state index is 12.2. The van der Waals surface area contributed by atoms with Crippen molar-refractivity contribution < 1.29 is 23.9 Å². The first-order valence-corrected chi connectivity index (χ1v) is 8.44. The molecule has 0 fully saturated rings. The highest BCUT2D eigenvalue weighted by molar-refractivity contribution is 6.33. The van der Waals surface area contributed by atoms with Gasteiger partial charge in [0.2, 0.25) is 5.91 Å². The summed E-state index contributed by atoms with van der Waals surface area (Å²) < 4.78 is 10.1. The van der Waals surface area contributed by atoms with Crippen LogP contribution in [0.3, 0.4) is 0 Å². The fraction of sp³-hybridized carbons (Fsp3) is 0.471. The molecule has 26 heavy (non-hydrogen) atoms. The molecule has 0 atom stereocenters. The number of ether oxygens (including phenoxy) is 2. The predicted molar refractivity (Wildman–Crippen MR) is 98.3 cm³/mol.